The molecule has 0 radical (unpaired) electrons. The lowest BCUT2D eigenvalue weighted by molar-refractivity contribution is -0.144. The van der Waals surface area contributed by atoms with Crippen LogP contribution in [0.5, 0.6) is 0 Å². The van der Waals surface area contributed by atoms with Crippen molar-refractivity contribution in [3.05, 3.63) is 0 Å². The minimum absolute atomic E-state index is 0.0983. The maximum atomic E-state index is 12.6. The lowest BCUT2D eigenvalue weighted by Crippen LogP contribution is -2.45. The monoisotopic (exact) mass is 972 g/mol. The van der Waals surface area contributed by atoms with Gasteiger partial charge in [0.15, 0.2) is 0 Å². The molecule has 0 aromatic carbocycles. The van der Waals surface area contributed by atoms with Crippen molar-refractivity contribution in [3.63, 3.8) is 0 Å². The summed E-state index contributed by atoms with van der Waals surface area (Å²) in [6.45, 7) is 0.261. The molecule has 0 aromatic heterocycles. The maximum absolute atomic E-state index is 12.6. The summed E-state index contributed by atoms with van der Waals surface area (Å²) in [4.78, 5) is 131. The van der Waals surface area contributed by atoms with Gasteiger partial charge in [-0.3, -0.25) is 33.6 Å². The number of unbranched alkanes of at least 4 members (excludes halogenated alkanes) is 14. The Bertz CT molecular complexity index is 1610. The molecule has 0 saturated carbocycles. The fraction of sp³-hybridized carbons (Fsp3) is 0.756. The molecule has 6 amide bonds. The van der Waals surface area contributed by atoms with Gasteiger partial charge in [0, 0.05) is 45.1 Å². The molecule has 5 atom stereocenters. The van der Waals surface area contributed by atoms with Crippen LogP contribution in [-0.2, 0) is 52.7 Å². The zero-order chi connectivity index (χ0) is 51.3. The fourth-order valence-electron chi connectivity index (χ4n) is 7.10. The van der Waals surface area contributed by atoms with E-state index >= 15 is 0 Å². The van der Waals surface area contributed by atoms with Crippen molar-refractivity contribution in [3.8, 4) is 0 Å². The molecular formula is C45H77N7O16. The number of hydrogen-bond acceptors (Lipinski definition) is 12. The Balaban J connectivity index is 4.57. The Labute approximate surface area is 397 Å². The second kappa shape index (κ2) is 38.1. The normalized spacial score (nSPS) is 13.1. The number of nitrogens with two attached hydrogens (primary N) is 1. The number of carbonyl (C=O) groups is 11. The number of carboxylic acids is 5. The van der Waals surface area contributed by atoms with E-state index in [1.165, 1.54) is 12.8 Å². The third-order valence-corrected chi connectivity index (χ3v) is 11.2. The summed E-state index contributed by atoms with van der Waals surface area (Å²) in [5, 5.41) is 61.4. The molecule has 0 aliphatic carbocycles. The van der Waals surface area contributed by atoms with E-state index in [0.717, 1.165) is 70.6 Å². The Morgan fingerprint density at radius 3 is 0.941 bits per heavy atom. The molecule has 23 heteroatoms. The molecule has 388 valence electrons. The Hall–Kier alpha value is -5.87. The van der Waals surface area contributed by atoms with Gasteiger partial charge in [-0.15, -0.1) is 0 Å². The molecule has 0 bridgehead atoms. The lowest BCUT2D eigenvalue weighted by Gasteiger charge is -2.18. The Kier molecular flexibility index (Phi) is 34.8. The van der Waals surface area contributed by atoms with Crippen LogP contribution >= 0.6 is 0 Å². The van der Waals surface area contributed by atoms with Crippen LogP contribution in [0.3, 0.4) is 0 Å². The number of hydrogen-bond donors (Lipinski definition) is 12. The summed E-state index contributed by atoms with van der Waals surface area (Å²) in [5.74, 6) is -10.8. The van der Waals surface area contributed by atoms with E-state index in [1.54, 1.807) is 7.05 Å². The molecule has 0 rings (SSSR count). The molecule has 0 unspecified atom stereocenters. The first kappa shape index (κ1) is 62.1. The number of carboxylic acid groups (broad SMARTS) is 5. The van der Waals surface area contributed by atoms with Crippen molar-refractivity contribution in [1.82, 2.24) is 31.9 Å². The van der Waals surface area contributed by atoms with E-state index < -0.39 is 128 Å². The molecule has 68 heavy (non-hydrogen) atoms. The van der Waals surface area contributed by atoms with Crippen molar-refractivity contribution in [2.45, 2.75) is 204 Å². The molecule has 13 N–H and O–H groups in total. The van der Waals surface area contributed by atoms with Gasteiger partial charge in [-0.2, -0.15) is 0 Å². The van der Waals surface area contributed by atoms with Crippen LogP contribution in [0.15, 0.2) is 0 Å². The largest absolute Gasteiger partial charge is 0.481 e. The third-order valence-electron chi connectivity index (χ3n) is 11.2. The van der Waals surface area contributed by atoms with E-state index in [9.17, 15) is 73.2 Å². The molecule has 0 heterocycles. The van der Waals surface area contributed by atoms with Gasteiger partial charge in [-0.25, -0.2) is 19.2 Å². The Morgan fingerprint density at radius 1 is 0.353 bits per heavy atom. The van der Waals surface area contributed by atoms with Crippen LogP contribution in [0.1, 0.15) is 173 Å². The smallest absolute Gasteiger partial charge is 0.326 e. The molecule has 23 nitrogen and oxygen atoms in total. The predicted octanol–water partition coefficient (Wildman–Crippen LogP) is 2.07. The fourth-order valence-corrected chi connectivity index (χ4v) is 7.10. The average molecular weight is 972 g/mol. The van der Waals surface area contributed by atoms with Gasteiger partial charge in [-0.05, 0) is 64.8 Å². The highest BCUT2D eigenvalue weighted by Gasteiger charge is 2.27. The summed E-state index contributed by atoms with van der Waals surface area (Å²) in [6, 6.07) is -6.64. The summed E-state index contributed by atoms with van der Waals surface area (Å²) in [6.07, 6.45) is 12.5. The SMILES string of the molecule is CN[C@@H](CCCCNC(=O)CC[C@H](NC(=O)CC[C@H](NC(=O)CC[C@H](NC(=O)CC[C@H](NC(=O)CCCCCCCCCCCCCCCCC(=O)O)C(=O)O)C(=O)O)C(=O)O)C(=O)O)C(N)=O. The van der Waals surface area contributed by atoms with Crippen molar-refractivity contribution >= 4 is 65.3 Å². The highest BCUT2D eigenvalue weighted by Crippen LogP contribution is 2.14. The van der Waals surface area contributed by atoms with E-state index in [4.69, 9.17) is 10.8 Å². The summed E-state index contributed by atoms with van der Waals surface area (Å²) in [5.41, 5.74) is 5.26. The molecule has 0 aromatic rings. The van der Waals surface area contributed by atoms with Crippen LogP contribution in [0.4, 0.5) is 0 Å². The van der Waals surface area contributed by atoms with Gasteiger partial charge in [-0.1, -0.05) is 77.0 Å². The van der Waals surface area contributed by atoms with Crippen LogP contribution in [-0.4, -0.2) is 135 Å². The minimum Gasteiger partial charge on any atom is -0.481 e. The predicted molar refractivity (Wildman–Crippen MR) is 246 cm³/mol. The molecule has 0 saturated heterocycles. The number of aliphatic carboxylic acids is 5. The summed E-state index contributed by atoms with van der Waals surface area (Å²) < 4.78 is 0. The summed E-state index contributed by atoms with van der Waals surface area (Å²) >= 11 is 0. The number of primary amides is 1. The third kappa shape index (κ3) is 33.6. The van der Waals surface area contributed by atoms with Gasteiger partial charge >= 0.3 is 29.8 Å². The van der Waals surface area contributed by atoms with Gasteiger partial charge < -0.3 is 63.2 Å². The van der Waals surface area contributed by atoms with Crippen molar-refractivity contribution in [1.29, 1.82) is 0 Å². The number of amides is 6. The van der Waals surface area contributed by atoms with Crippen molar-refractivity contribution < 1.29 is 78.3 Å². The molecule has 0 aliphatic heterocycles. The van der Waals surface area contributed by atoms with Crippen molar-refractivity contribution in [2.75, 3.05) is 13.6 Å². The quantitative estimate of drug-likeness (QED) is 0.0389. The van der Waals surface area contributed by atoms with Crippen LogP contribution in [0.2, 0.25) is 0 Å². The van der Waals surface area contributed by atoms with E-state index in [0.29, 0.717) is 25.7 Å². The van der Waals surface area contributed by atoms with Gasteiger partial charge in [0.25, 0.3) is 0 Å². The van der Waals surface area contributed by atoms with Crippen LogP contribution < -0.4 is 37.6 Å². The lowest BCUT2D eigenvalue weighted by atomic mass is 10.0. The molecule has 0 spiro atoms. The maximum Gasteiger partial charge on any atom is 0.326 e. The second-order valence-electron chi connectivity index (χ2n) is 16.9. The van der Waals surface area contributed by atoms with Crippen LogP contribution in [0, 0.1) is 0 Å². The van der Waals surface area contributed by atoms with Gasteiger partial charge in [0.2, 0.25) is 35.4 Å². The van der Waals surface area contributed by atoms with Crippen LogP contribution in [0.25, 0.3) is 0 Å². The zero-order valence-corrected chi connectivity index (χ0v) is 39.5. The average Bonchev–Trinajstić information content (AvgIpc) is 3.26. The highest BCUT2D eigenvalue weighted by atomic mass is 16.4. The first-order valence-electron chi connectivity index (χ1n) is 23.8. The van der Waals surface area contributed by atoms with E-state index in [2.05, 4.69) is 31.9 Å². The number of rotatable bonds is 44. The highest BCUT2D eigenvalue weighted by molar-refractivity contribution is 5.88. The standard InChI is InChI=1S/C45H77N7O16/c1-47-30(41(46)60)18-16-17-29-48-35(53)25-21-31(42(61)62)50-37(55)27-23-33(44(65)66)52-39(57)28-24-34(45(67)68)51-38(56)26-22-32(43(63)64)49-36(54)19-14-12-10-8-6-4-2-3-5-7-9-11-13-15-20-40(58)59/h30-34,47H,2-29H2,1H3,(H2,46,60)(H,48,53)(H,49,54)(H,50,55)(H,51,56)(H,52,57)(H,58,59)(H,61,62)(H,63,64)(H,65,66)(H,67,68)/t30-,31-,32-,33-,34-/m0/s1. The number of likely N-dealkylation sites (N-methyl/N-ethyl adjacent to an activating group) is 1. The Morgan fingerprint density at radius 2 is 0.647 bits per heavy atom. The van der Waals surface area contributed by atoms with Crippen molar-refractivity contribution in [2.24, 2.45) is 5.73 Å². The first-order valence-corrected chi connectivity index (χ1v) is 23.8. The molecule has 0 fully saturated rings. The van der Waals surface area contributed by atoms with Gasteiger partial charge in [0.1, 0.15) is 24.2 Å². The summed E-state index contributed by atoms with van der Waals surface area (Å²) in [7, 11) is 1.60. The molecular weight excluding hydrogens is 895 g/mol. The second-order valence-corrected chi connectivity index (χ2v) is 16.9. The van der Waals surface area contributed by atoms with Gasteiger partial charge in [0.05, 0.1) is 6.04 Å². The number of carbonyl (C=O) groups excluding carboxylic acids is 6. The topological polar surface area (TPSA) is 387 Å². The van der Waals surface area contributed by atoms with E-state index in [1.807, 2.05) is 0 Å². The zero-order valence-electron chi connectivity index (χ0n) is 39.5. The van der Waals surface area contributed by atoms with E-state index in [-0.39, 0.29) is 38.6 Å². The minimum atomic E-state index is -1.63. The number of nitrogens with one attached hydrogen (secondary N) is 6. The molecule has 0 aliphatic rings. The first-order chi connectivity index (χ1) is 32.3.